The van der Waals surface area contributed by atoms with Gasteiger partial charge in [-0.05, 0) is 77.8 Å². The lowest BCUT2D eigenvalue weighted by molar-refractivity contribution is 0.865. The zero-order valence-corrected chi connectivity index (χ0v) is 14.7. The lowest BCUT2D eigenvalue weighted by Gasteiger charge is -2.17. The second-order valence-electron chi connectivity index (χ2n) is 6.03. The van der Waals surface area contributed by atoms with E-state index < -0.39 is 0 Å². The van der Waals surface area contributed by atoms with Gasteiger partial charge >= 0.3 is 0 Å². The molecule has 2 aromatic rings. The fourth-order valence-electron chi connectivity index (χ4n) is 3.16. The van der Waals surface area contributed by atoms with E-state index in [-0.39, 0.29) is 0 Å². The van der Waals surface area contributed by atoms with Crippen molar-refractivity contribution in [2.45, 2.75) is 39.5 Å². The minimum absolute atomic E-state index is 0.680. The number of nitrogens with zero attached hydrogens (tertiary/aromatic N) is 1. The van der Waals surface area contributed by atoms with Crippen LogP contribution in [0.4, 0.5) is 0 Å². The summed E-state index contributed by atoms with van der Waals surface area (Å²) in [5.41, 5.74) is 13.6. The number of benzene rings is 2. The van der Waals surface area contributed by atoms with Crippen LogP contribution in [0.15, 0.2) is 43.0 Å². The molecule has 0 saturated carbocycles. The lowest BCUT2D eigenvalue weighted by atomic mass is 9.87. The molecule has 2 nitrogen and oxygen atoms in total. The normalized spacial score (nSPS) is 10.4. The second kappa shape index (κ2) is 8.47. The first kappa shape index (κ1) is 18.0. The summed E-state index contributed by atoms with van der Waals surface area (Å²) in [6.45, 7) is 9.27. The first-order chi connectivity index (χ1) is 11.7. The molecule has 0 amide bonds. The molecule has 0 aliphatic carbocycles. The molecule has 0 aliphatic rings. The molecule has 2 N–H and O–H groups in total. The molecule has 0 spiro atoms. The van der Waals surface area contributed by atoms with Gasteiger partial charge in [0.05, 0.1) is 11.6 Å². The highest BCUT2D eigenvalue weighted by Crippen LogP contribution is 2.34. The number of hydrogen-bond donors (Lipinski definition) is 1. The smallest absolute Gasteiger partial charge is 0.0994 e. The highest BCUT2D eigenvalue weighted by molar-refractivity contribution is 5.83. The van der Waals surface area contributed by atoms with Crippen molar-refractivity contribution in [3.63, 3.8) is 0 Å². The molecule has 0 atom stereocenters. The van der Waals surface area contributed by atoms with E-state index in [0.29, 0.717) is 6.54 Å². The van der Waals surface area contributed by atoms with Gasteiger partial charge in [-0.25, -0.2) is 0 Å². The third kappa shape index (κ3) is 3.75. The summed E-state index contributed by atoms with van der Waals surface area (Å²) in [6.07, 6.45) is 3.69. The minimum atomic E-state index is 0.680. The van der Waals surface area contributed by atoms with Crippen molar-refractivity contribution in [1.82, 2.24) is 0 Å². The second-order valence-corrected chi connectivity index (χ2v) is 6.03. The predicted octanol–water partition coefficient (Wildman–Crippen LogP) is 5.10. The van der Waals surface area contributed by atoms with Gasteiger partial charge in [0.15, 0.2) is 0 Å². The Morgan fingerprint density at radius 2 is 1.88 bits per heavy atom. The fourth-order valence-corrected chi connectivity index (χ4v) is 3.16. The fraction of sp³-hybridized carbons (Fsp3) is 0.318. The zero-order valence-electron chi connectivity index (χ0n) is 14.7. The molecule has 0 saturated heterocycles. The van der Waals surface area contributed by atoms with E-state index >= 15 is 0 Å². The molecule has 0 fully saturated rings. The summed E-state index contributed by atoms with van der Waals surface area (Å²) in [7, 11) is 0. The highest BCUT2D eigenvalue weighted by Gasteiger charge is 2.13. The van der Waals surface area contributed by atoms with Crippen molar-refractivity contribution in [3.8, 4) is 17.2 Å². The van der Waals surface area contributed by atoms with Gasteiger partial charge in [-0.1, -0.05) is 44.7 Å². The highest BCUT2D eigenvalue weighted by atomic mass is 14.5. The number of rotatable bonds is 7. The van der Waals surface area contributed by atoms with Crippen LogP contribution in [-0.2, 0) is 12.8 Å². The van der Waals surface area contributed by atoms with E-state index in [9.17, 15) is 5.26 Å². The van der Waals surface area contributed by atoms with E-state index in [4.69, 9.17) is 5.73 Å². The molecule has 124 valence electrons. The molecule has 0 aromatic heterocycles. The Balaban J connectivity index is 2.58. The van der Waals surface area contributed by atoms with E-state index in [1.807, 2.05) is 12.1 Å². The van der Waals surface area contributed by atoms with Gasteiger partial charge in [-0.2, -0.15) is 5.26 Å². The predicted molar refractivity (Wildman–Crippen MR) is 103 cm³/mol. The van der Waals surface area contributed by atoms with E-state index in [1.165, 1.54) is 16.7 Å². The molecule has 24 heavy (non-hydrogen) atoms. The standard InChI is InChI=1S/C22H26N2/c1-4-17-9-6-10-21(22(17)16(3)8-7-13-23)19-11-12-20(15-24)18(5-2)14-19/h6,9-12,14H,3-5,7-8,13,23H2,1-2H3. The van der Waals surface area contributed by atoms with Crippen LogP contribution >= 0.6 is 0 Å². The number of hydrogen-bond acceptors (Lipinski definition) is 2. The van der Waals surface area contributed by atoms with Crippen LogP contribution in [0.5, 0.6) is 0 Å². The van der Waals surface area contributed by atoms with Gasteiger partial charge in [0.1, 0.15) is 0 Å². The molecule has 0 unspecified atom stereocenters. The first-order valence-electron chi connectivity index (χ1n) is 8.69. The average Bonchev–Trinajstić information content (AvgIpc) is 2.64. The topological polar surface area (TPSA) is 49.8 Å². The van der Waals surface area contributed by atoms with Gasteiger partial charge < -0.3 is 5.73 Å². The van der Waals surface area contributed by atoms with E-state index in [2.05, 4.69) is 50.8 Å². The van der Waals surface area contributed by atoms with Crippen LogP contribution in [0.3, 0.4) is 0 Å². The Morgan fingerprint density at radius 3 is 2.50 bits per heavy atom. The number of nitriles is 1. The van der Waals surface area contributed by atoms with E-state index in [1.54, 1.807) is 0 Å². The Hall–Kier alpha value is -2.37. The van der Waals surface area contributed by atoms with Gasteiger partial charge in [-0.3, -0.25) is 0 Å². The third-order valence-electron chi connectivity index (χ3n) is 4.49. The third-order valence-corrected chi connectivity index (χ3v) is 4.49. The molecule has 2 heteroatoms. The Kier molecular flexibility index (Phi) is 6.35. The summed E-state index contributed by atoms with van der Waals surface area (Å²) < 4.78 is 0. The van der Waals surface area contributed by atoms with Gasteiger partial charge in [-0.15, -0.1) is 0 Å². The summed E-state index contributed by atoms with van der Waals surface area (Å²) in [5.74, 6) is 0. The molecular formula is C22H26N2. The largest absolute Gasteiger partial charge is 0.330 e. The van der Waals surface area contributed by atoms with Crippen LogP contribution in [0, 0.1) is 11.3 Å². The van der Waals surface area contributed by atoms with Crippen LogP contribution in [0.2, 0.25) is 0 Å². The van der Waals surface area contributed by atoms with Crippen molar-refractivity contribution in [3.05, 3.63) is 65.2 Å². The van der Waals surface area contributed by atoms with Gasteiger partial charge in [0.25, 0.3) is 0 Å². The Labute approximate surface area is 145 Å². The van der Waals surface area contributed by atoms with Crippen molar-refractivity contribution in [2.24, 2.45) is 5.73 Å². The van der Waals surface area contributed by atoms with Crippen molar-refractivity contribution < 1.29 is 0 Å². The van der Waals surface area contributed by atoms with Crippen LogP contribution in [-0.4, -0.2) is 6.54 Å². The molecular weight excluding hydrogens is 292 g/mol. The maximum atomic E-state index is 9.26. The summed E-state index contributed by atoms with van der Waals surface area (Å²) >= 11 is 0. The summed E-state index contributed by atoms with van der Waals surface area (Å²) in [5, 5.41) is 9.26. The summed E-state index contributed by atoms with van der Waals surface area (Å²) in [6, 6.07) is 14.8. The van der Waals surface area contributed by atoms with Crippen molar-refractivity contribution in [1.29, 1.82) is 5.26 Å². The number of nitrogens with two attached hydrogens (primary N) is 1. The maximum absolute atomic E-state index is 9.26. The molecule has 0 radical (unpaired) electrons. The molecule has 2 aromatic carbocycles. The molecule has 0 aliphatic heterocycles. The van der Waals surface area contributed by atoms with Crippen molar-refractivity contribution >= 4 is 5.57 Å². The molecule has 0 heterocycles. The van der Waals surface area contributed by atoms with Crippen LogP contribution < -0.4 is 5.73 Å². The monoisotopic (exact) mass is 318 g/mol. The van der Waals surface area contributed by atoms with Crippen LogP contribution in [0.25, 0.3) is 16.7 Å². The van der Waals surface area contributed by atoms with Gasteiger partial charge in [0, 0.05) is 0 Å². The van der Waals surface area contributed by atoms with Crippen molar-refractivity contribution in [2.75, 3.05) is 6.54 Å². The number of allylic oxidation sites excluding steroid dienone is 1. The SMILES string of the molecule is C=C(CCCN)c1c(CC)cccc1-c1ccc(C#N)c(CC)c1. The first-order valence-corrected chi connectivity index (χ1v) is 8.69. The Morgan fingerprint density at radius 1 is 1.12 bits per heavy atom. The quantitative estimate of drug-likeness (QED) is 0.772. The molecule has 0 bridgehead atoms. The maximum Gasteiger partial charge on any atom is 0.0994 e. The lowest BCUT2D eigenvalue weighted by Crippen LogP contribution is -2.01. The molecule has 2 rings (SSSR count). The minimum Gasteiger partial charge on any atom is -0.330 e. The average molecular weight is 318 g/mol. The Bertz CT molecular complexity index is 766. The number of aryl methyl sites for hydroxylation is 2. The van der Waals surface area contributed by atoms with Gasteiger partial charge in [0.2, 0.25) is 0 Å². The summed E-state index contributed by atoms with van der Waals surface area (Å²) in [4.78, 5) is 0. The van der Waals surface area contributed by atoms with Crippen LogP contribution in [0.1, 0.15) is 48.9 Å². The zero-order chi connectivity index (χ0) is 17.5. The van der Waals surface area contributed by atoms with E-state index in [0.717, 1.165) is 47.9 Å².